The molecule has 0 radical (unpaired) electrons. The molecule has 2 atom stereocenters. The molecule has 0 spiro atoms. The summed E-state index contributed by atoms with van der Waals surface area (Å²) in [6.45, 7) is 14.2. The molecule has 2 aliphatic rings. The Bertz CT molecular complexity index is 957. The third-order valence-electron chi connectivity index (χ3n) is 7.06. The predicted molar refractivity (Wildman–Crippen MR) is 135 cm³/mol. The van der Waals surface area contributed by atoms with E-state index in [4.69, 9.17) is 9.72 Å². The van der Waals surface area contributed by atoms with E-state index in [2.05, 4.69) is 46.1 Å². The van der Waals surface area contributed by atoms with E-state index in [1.54, 1.807) is 0 Å². The second-order valence-electron chi connectivity index (χ2n) is 10.8. The van der Waals surface area contributed by atoms with Crippen LogP contribution in [0.1, 0.15) is 81.8 Å². The molecule has 1 fully saturated rings. The Labute approximate surface area is 204 Å². The minimum atomic E-state index is -0.515. The highest BCUT2D eigenvalue weighted by atomic mass is 16.6. The number of hydrogen-bond acceptors (Lipinski definition) is 5. The van der Waals surface area contributed by atoms with Gasteiger partial charge in [0.2, 0.25) is 0 Å². The van der Waals surface area contributed by atoms with Crippen LogP contribution in [-0.2, 0) is 17.7 Å². The van der Waals surface area contributed by atoms with Gasteiger partial charge in [0.25, 0.3) is 0 Å². The molecule has 1 aromatic carbocycles. The molecule has 0 bridgehead atoms. The van der Waals surface area contributed by atoms with Crippen molar-refractivity contribution in [3.05, 3.63) is 53.1 Å². The largest absolute Gasteiger partial charge is 0.444 e. The van der Waals surface area contributed by atoms with Crippen molar-refractivity contribution in [1.29, 1.82) is 0 Å². The summed E-state index contributed by atoms with van der Waals surface area (Å²) in [7, 11) is 0. The second kappa shape index (κ2) is 10.5. The van der Waals surface area contributed by atoms with Crippen LogP contribution in [0.25, 0.3) is 0 Å². The second-order valence-corrected chi connectivity index (χ2v) is 10.8. The van der Waals surface area contributed by atoms with Gasteiger partial charge in [-0.1, -0.05) is 30.3 Å². The van der Waals surface area contributed by atoms with Gasteiger partial charge in [-0.25, -0.2) is 9.78 Å². The van der Waals surface area contributed by atoms with Crippen LogP contribution in [-0.4, -0.2) is 51.8 Å². The Morgan fingerprint density at radius 3 is 2.62 bits per heavy atom. The summed E-state index contributed by atoms with van der Waals surface area (Å²) in [5, 5.41) is 6.64. The number of nitrogens with zero attached hydrogens (tertiary/aromatic N) is 3. The van der Waals surface area contributed by atoms with Gasteiger partial charge in [0.05, 0.1) is 17.4 Å². The SMILES string of the molecule is Cc1nc2c(n1C1CCN(C(C)C[C@H](NC(=O)OC(C)(C)C)c3ccccc3)CC1)CNCC2. The quantitative estimate of drug-likeness (QED) is 0.654. The fraction of sp³-hybridized carbons (Fsp3) is 0.630. The highest BCUT2D eigenvalue weighted by Crippen LogP contribution is 2.31. The predicted octanol–water partition coefficient (Wildman–Crippen LogP) is 4.52. The summed E-state index contributed by atoms with van der Waals surface area (Å²) in [6.07, 6.45) is 3.77. The maximum Gasteiger partial charge on any atom is 0.408 e. The van der Waals surface area contributed by atoms with E-state index < -0.39 is 5.60 Å². The lowest BCUT2D eigenvalue weighted by atomic mass is 9.96. The van der Waals surface area contributed by atoms with E-state index in [0.29, 0.717) is 12.1 Å². The van der Waals surface area contributed by atoms with Crippen LogP contribution in [0.5, 0.6) is 0 Å². The molecule has 34 heavy (non-hydrogen) atoms. The number of aryl methyl sites for hydroxylation is 1. The standard InChI is InChI=1S/C27H41N5O2/c1-19(17-24(21-9-7-6-8-10-21)30-26(33)34-27(3,4)5)31-15-12-22(13-16-31)32-20(2)29-23-11-14-28-18-25(23)32/h6-10,19,22,24,28H,11-18H2,1-5H3,(H,30,33)/t19?,24-/m0/s1. The van der Waals surface area contributed by atoms with E-state index in [-0.39, 0.29) is 12.1 Å². The minimum Gasteiger partial charge on any atom is -0.444 e. The normalized spacial score (nSPS) is 19.3. The lowest BCUT2D eigenvalue weighted by Gasteiger charge is -2.38. The first kappa shape index (κ1) is 24.7. The van der Waals surface area contributed by atoms with Gasteiger partial charge in [0, 0.05) is 44.7 Å². The number of nitrogens with one attached hydrogen (secondary N) is 2. The molecule has 0 aliphatic carbocycles. The summed E-state index contributed by atoms with van der Waals surface area (Å²) >= 11 is 0. The molecule has 0 saturated carbocycles. The number of amides is 1. The molecular weight excluding hydrogens is 426 g/mol. The first-order valence-electron chi connectivity index (χ1n) is 12.8. The van der Waals surface area contributed by atoms with Crippen molar-refractivity contribution in [2.24, 2.45) is 0 Å². The van der Waals surface area contributed by atoms with Crippen molar-refractivity contribution in [3.8, 4) is 0 Å². The van der Waals surface area contributed by atoms with E-state index in [9.17, 15) is 4.79 Å². The number of rotatable bonds is 6. The Morgan fingerprint density at radius 2 is 1.94 bits per heavy atom. The molecule has 2 N–H and O–H groups in total. The van der Waals surface area contributed by atoms with Crippen molar-refractivity contribution in [3.63, 3.8) is 0 Å². The lowest BCUT2D eigenvalue weighted by molar-refractivity contribution is 0.0486. The van der Waals surface area contributed by atoms with Gasteiger partial charge in [-0.15, -0.1) is 0 Å². The number of benzene rings is 1. The van der Waals surface area contributed by atoms with E-state index in [0.717, 1.165) is 63.3 Å². The van der Waals surface area contributed by atoms with Crippen LogP contribution in [0.2, 0.25) is 0 Å². The van der Waals surface area contributed by atoms with Crippen LogP contribution in [0.3, 0.4) is 0 Å². The zero-order valence-corrected chi connectivity index (χ0v) is 21.4. The minimum absolute atomic E-state index is 0.0854. The first-order chi connectivity index (χ1) is 16.2. The van der Waals surface area contributed by atoms with Crippen LogP contribution >= 0.6 is 0 Å². The van der Waals surface area contributed by atoms with E-state index >= 15 is 0 Å². The van der Waals surface area contributed by atoms with Crippen molar-refractivity contribution in [2.45, 2.75) is 90.6 Å². The molecule has 7 nitrogen and oxygen atoms in total. The molecular formula is C27H41N5O2. The van der Waals surface area contributed by atoms with Crippen LogP contribution in [0.15, 0.2) is 30.3 Å². The zero-order chi connectivity index (χ0) is 24.3. The highest BCUT2D eigenvalue weighted by molar-refractivity contribution is 5.68. The lowest BCUT2D eigenvalue weighted by Crippen LogP contribution is -2.43. The third-order valence-corrected chi connectivity index (χ3v) is 7.06. The number of aromatic nitrogens is 2. The van der Waals surface area contributed by atoms with Crippen LogP contribution in [0, 0.1) is 6.92 Å². The Balaban J connectivity index is 1.39. The molecule has 2 aromatic rings. The number of likely N-dealkylation sites (tertiary alicyclic amines) is 1. The van der Waals surface area contributed by atoms with Gasteiger partial charge in [-0.3, -0.25) is 0 Å². The number of alkyl carbamates (subject to hydrolysis) is 1. The monoisotopic (exact) mass is 467 g/mol. The van der Waals surface area contributed by atoms with E-state index in [1.165, 1.54) is 11.4 Å². The average Bonchev–Trinajstić information content (AvgIpc) is 3.13. The summed E-state index contributed by atoms with van der Waals surface area (Å²) < 4.78 is 8.05. The van der Waals surface area contributed by atoms with Gasteiger partial charge in [-0.05, 0) is 59.4 Å². The number of carbonyl (C=O) groups excluding carboxylic acids is 1. The van der Waals surface area contributed by atoms with E-state index in [1.807, 2.05) is 39.0 Å². The zero-order valence-electron chi connectivity index (χ0n) is 21.4. The number of hydrogen-bond donors (Lipinski definition) is 2. The molecule has 2 aliphatic heterocycles. The maximum absolute atomic E-state index is 12.6. The maximum atomic E-state index is 12.6. The van der Waals surface area contributed by atoms with Crippen molar-refractivity contribution >= 4 is 6.09 Å². The smallest absolute Gasteiger partial charge is 0.408 e. The molecule has 7 heteroatoms. The fourth-order valence-electron chi connectivity index (χ4n) is 5.42. The number of piperidine rings is 1. The molecule has 1 saturated heterocycles. The first-order valence-corrected chi connectivity index (χ1v) is 12.8. The summed E-state index contributed by atoms with van der Waals surface area (Å²) in [5.74, 6) is 1.16. The number of imidazole rings is 1. The Hall–Kier alpha value is -2.38. The highest BCUT2D eigenvalue weighted by Gasteiger charge is 2.30. The van der Waals surface area contributed by atoms with Gasteiger partial charge < -0.3 is 24.8 Å². The van der Waals surface area contributed by atoms with Crippen LogP contribution in [0.4, 0.5) is 4.79 Å². The topological polar surface area (TPSA) is 71.4 Å². The van der Waals surface area contributed by atoms with Crippen molar-refractivity contribution in [1.82, 2.24) is 25.1 Å². The van der Waals surface area contributed by atoms with Crippen LogP contribution < -0.4 is 10.6 Å². The van der Waals surface area contributed by atoms with Gasteiger partial charge in [-0.2, -0.15) is 0 Å². The molecule has 1 aromatic heterocycles. The molecule has 1 amide bonds. The molecule has 186 valence electrons. The average molecular weight is 468 g/mol. The van der Waals surface area contributed by atoms with Crippen molar-refractivity contribution in [2.75, 3.05) is 19.6 Å². The molecule has 3 heterocycles. The number of ether oxygens (including phenoxy) is 1. The molecule has 4 rings (SSSR count). The van der Waals surface area contributed by atoms with Crippen molar-refractivity contribution < 1.29 is 9.53 Å². The summed E-state index contributed by atoms with van der Waals surface area (Å²) in [5.41, 5.74) is 3.27. The van der Waals surface area contributed by atoms with Gasteiger partial charge >= 0.3 is 6.09 Å². The van der Waals surface area contributed by atoms with Gasteiger partial charge in [0.1, 0.15) is 11.4 Å². The fourth-order valence-corrected chi connectivity index (χ4v) is 5.42. The van der Waals surface area contributed by atoms with Gasteiger partial charge in [0.15, 0.2) is 0 Å². The number of fused-ring (bicyclic) bond motifs is 1. The molecule has 1 unspecified atom stereocenters. The Morgan fingerprint density at radius 1 is 1.24 bits per heavy atom. The summed E-state index contributed by atoms with van der Waals surface area (Å²) in [4.78, 5) is 20.0. The number of carbonyl (C=O) groups is 1. The third kappa shape index (κ3) is 5.99. The Kier molecular flexibility index (Phi) is 7.63. The summed E-state index contributed by atoms with van der Waals surface area (Å²) in [6, 6.07) is 11.0.